The maximum Gasteiger partial charge on any atom is 0.255 e. The molecule has 3 rings (SSSR count). The molecule has 0 aliphatic carbocycles. The summed E-state index contributed by atoms with van der Waals surface area (Å²) in [6.45, 7) is 0.0501. The maximum absolute atomic E-state index is 12.3. The van der Waals surface area contributed by atoms with E-state index in [-0.39, 0.29) is 24.3 Å². The van der Waals surface area contributed by atoms with Crippen molar-refractivity contribution < 1.29 is 14.4 Å². The molecule has 0 fully saturated rings. The summed E-state index contributed by atoms with van der Waals surface area (Å²) in [5, 5.41) is 8.66. The molecule has 0 saturated heterocycles. The van der Waals surface area contributed by atoms with Crippen molar-refractivity contribution in [1.29, 1.82) is 0 Å². The number of carbonyl (C=O) groups excluding carboxylic acids is 3. The fourth-order valence-corrected chi connectivity index (χ4v) is 2.84. The van der Waals surface area contributed by atoms with Crippen LogP contribution in [0, 0.1) is 0 Å². The molecule has 158 valence electrons. The van der Waals surface area contributed by atoms with Crippen LogP contribution in [0.15, 0.2) is 78.9 Å². The summed E-state index contributed by atoms with van der Waals surface area (Å²) < 4.78 is 0. The van der Waals surface area contributed by atoms with E-state index >= 15 is 0 Å². The third-order valence-corrected chi connectivity index (χ3v) is 4.43. The van der Waals surface area contributed by atoms with Gasteiger partial charge in [-0.25, -0.2) is 0 Å². The summed E-state index contributed by atoms with van der Waals surface area (Å²) >= 11 is 0. The predicted octanol–water partition coefficient (Wildman–Crippen LogP) is 3.69. The number of benzene rings is 3. The molecular weight excluding hydrogens is 392 g/mol. The Morgan fingerprint density at radius 3 is 2.06 bits per heavy atom. The van der Waals surface area contributed by atoms with Crippen LogP contribution in [0.2, 0.25) is 0 Å². The molecule has 0 radical (unpaired) electrons. The van der Waals surface area contributed by atoms with E-state index in [1.165, 1.54) is 4.90 Å². The van der Waals surface area contributed by atoms with E-state index < -0.39 is 0 Å². The lowest BCUT2D eigenvalue weighted by atomic mass is 10.2. The number of hydrogen-bond donors (Lipinski definition) is 3. The van der Waals surface area contributed by atoms with Crippen molar-refractivity contribution in [3.8, 4) is 0 Å². The molecule has 0 heterocycles. The molecule has 0 saturated carbocycles. The highest BCUT2D eigenvalue weighted by Gasteiger charge is 2.09. The molecule has 3 aromatic carbocycles. The zero-order valence-electron chi connectivity index (χ0n) is 17.4. The third-order valence-electron chi connectivity index (χ3n) is 4.43. The molecule has 7 heteroatoms. The van der Waals surface area contributed by atoms with Crippen molar-refractivity contribution in [3.63, 3.8) is 0 Å². The first kappa shape index (κ1) is 21.6. The van der Waals surface area contributed by atoms with Gasteiger partial charge in [0.15, 0.2) is 0 Å². The van der Waals surface area contributed by atoms with Crippen molar-refractivity contribution in [2.45, 2.75) is 0 Å². The molecule has 3 N–H and O–H groups in total. The minimum atomic E-state index is -0.231. The highest BCUT2D eigenvalue weighted by Crippen LogP contribution is 2.16. The van der Waals surface area contributed by atoms with E-state index in [0.29, 0.717) is 28.2 Å². The molecular formula is C24H24N4O3. The number of carbonyl (C=O) groups is 3. The zero-order chi connectivity index (χ0) is 22.2. The van der Waals surface area contributed by atoms with Crippen LogP contribution in [0.1, 0.15) is 20.7 Å². The molecule has 0 aliphatic heterocycles. The molecule has 0 aliphatic rings. The van der Waals surface area contributed by atoms with Gasteiger partial charge in [0.2, 0.25) is 5.91 Å². The first-order valence-electron chi connectivity index (χ1n) is 9.74. The van der Waals surface area contributed by atoms with E-state index in [1.54, 1.807) is 80.8 Å². The average molecular weight is 416 g/mol. The second-order valence-corrected chi connectivity index (χ2v) is 7.08. The van der Waals surface area contributed by atoms with E-state index in [0.717, 1.165) is 0 Å². The van der Waals surface area contributed by atoms with Gasteiger partial charge in [-0.15, -0.1) is 0 Å². The van der Waals surface area contributed by atoms with Crippen LogP contribution in [-0.4, -0.2) is 43.3 Å². The average Bonchev–Trinajstić information content (AvgIpc) is 2.78. The van der Waals surface area contributed by atoms with E-state index in [2.05, 4.69) is 16.0 Å². The molecule has 0 aromatic heterocycles. The minimum Gasteiger partial charge on any atom is -0.376 e. The van der Waals surface area contributed by atoms with E-state index in [1.807, 2.05) is 12.1 Å². The van der Waals surface area contributed by atoms with Gasteiger partial charge in [0.05, 0.1) is 6.54 Å². The Kier molecular flexibility index (Phi) is 7.01. The number of nitrogens with one attached hydrogen (secondary N) is 3. The smallest absolute Gasteiger partial charge is 0.255 e. The van der Waals surface area contributed by atoms with Crippen LogP contribution in [-0.2, 0) is 4.79 Å². The fourth-order valence-electron chi connectivity index (χ4n) is 2.84. The highest BCUT2D eigenvalue weighted by atomic mass is 16.2. The van der Waals surface area contributed by atoms with Gasteiger partial charge in [0.25, 0.3) is 11.8 Å². The summed E-state index contributed by atoms with van der Waals surface area (Å²) in [6.07, 6.45) is 0. The van der Waals surface area contributed by atoms with Gasteiger partial charge < -0.3 is 20.9 Å². The molecule has 0 bridgehead atoms. The first-order valence-corrected chi connectivity index (χ1v) is 9.74. The maximum atomic E-state index is 12.3. The van der Waals surface area contributed by atoms with Crippen LogP contribution < -0.4 is 16.0 Å². The number of hydrogen-bond acceptors (Lipinski definition) is 4. The van der Waals surface area contributed by atoms with Crippen molar-refractivity contribution in [1.82, 2.24) is 4.90 Å². The number of nitrogens with zero attached hydrogens (tertiary/aromatic N) is 1. The third kappa shape index (κ3) is 6.17. The number of amides is 3. The summed E-state index contributed by atoms with van der Waals surface area (Å²) in [6, 6.07) is 22.8. The van der Waals surface area contributed by atoms with Gasteiger partial charge >= 0.3 is 0 Å². The Hall–Kier alpha value is -4.13. The second-order valence-electron chi connectivity index (χ2n) is 7.08. The Morgan fingerprint density at radius 1 is 0.710 bits per heavy atom. The van der Waals surface area contributed by atoms with Gasteiger partial charge in [-0.3, -0.25) is 14.4 Å². The Morgan fingerprint density at radius 2 is 1.39 bits per heavy atom. The Balaban J connectivity index is 1.53. The molecule has 3 amide bonds. The van der Waals surface area contributed by atoms with Gasteiger partial charge in [0, 0.05) is 42.3 Å². The van der Waals surface area contributed by atoms with Crippen LogP contribution in [0.3, 0.4) is 0 Å². The molecule has 31 heavy (non-hydrogen) atoms. The summed E-state index contributed by atoms with van der Waals surface area (Å²) in [5.74, 6) is -0.532. The quantitative estimate of drug-likeness (QED) is 0.548. The first-order chi connectivity index (χ1) is 14.9. The van der Waals surface area contributed by atoms with E-state index in [9.17, 15) is 14.4 Å². The van der Waals surface area contributed by atoms with Crippen molar-refractivity contribution in [2.24, 2.45) is 0 Å². The lowest BCUT2D eigenvalue weighted by Crippen LogP contribution is -2.23. The fraction of sp³-hybridized carbons (Fsp3) is 0.125. The Labute approximate surface area is 181 Å². The van der Waals surface area contributed by atoms with Crippen LogP contribution in [0.25, 0.3) is 0 Å². The predicted molar refractivity (Wildman–Crippen MR) is 122 cm³/mol. The lowest BCUT2D eigenvalue weighted by Gasteiger charge is -2.12. The zero-order valence-corrected chi connectivity index (χ0v) is 17.4. The summed E-state index contributed by atoms with van der Waals surface area (Å²) in [7, 11) is 3.37. The van der Waals surface area contributed by atoms with Crippen molar-refractivity contribution in [2.75, 3.05) is 36.6 Å². The topological polar surface area (TPSA) is 90.5 Å². The molecule has 7 nitrogen and oxygen atoms in total. The minimum absolute atomic E-state index is 0.0501. The molecule has 3 aromatic rings. The summed E-state index contributed by atoms with van der Waals surface area (Å²) in [5.41, 5.74) is 3.05. The van der Waals surface area contributed by atoms with Gasteiger partial charge in [-0.05, 0) is 54.6 Å². The molecule has 0 unspecified atom stereocenters. The van der Waals surface area contributed by atoms with Crippen LogP contribution >= 0.6 is 0 Å². The SMILES string of the molecule is CN(C)C(=O)c1ccc(NC(=O)CNc2cccc(NC(=O)c3ccccc3)c2)cc1. The number of rotatable bonds is 7. The van der Waals surface area contributed by atoms with E-state index in [4.69, 9.17) is 0 Å². The Bertz CT molecular complexity index is 1060. The number of anilines is 3. The van der Waals surface area contributed by atoms with Crippen LogP contribution in [0.4, 0.5) is 17.1 Å². The van der Waals surface area contributed by atoms with Crippen molar-refractivity contribution >= 4 is 34.8 Å². The normalized spacial score (nSPS) is 10.1. The van der Waals surface area contributed by atoms with Crippen LogP contribution in [0.5, 0.6) is 0 Å². The summed E-state index contributed by atoms with van der Waals surface area (Å²) in [4.78, 5) is 37.9. The van der Waals surface area contributed by atoms with Gasteiger partial charge in [0.1, 0.15) is 0 Å². The van der Waals surface area contributed by atoms with Gasteiger partial charge in [-0.2, -0.15) is 0 Å². The molecule has 0 spiro atoms. The van der Waals surface area contributed by atoms with Gasteiger partial charge in [-0.1, -0.05) is 24.3 Å². The molecule has 0 atom stereocenters. The largest absolute Gasteiger partial charge is 0.376 e. The highest BCUT2D eigenvalue weighted by molar-refractivity contribution is 6.04. The second kappa shape index (κ2) is 10.1. The monoisotopic (exact) mass is 416 g/mol. The lowest BCUT2D eigenvalue weighted by molar-refractivity contribution is -0.114. The standard InChI is InChI=1S/C24H24N4O3/c1-28(2)24(31)18-11-13-19(14-12-18)26-22(29)16-25-20-9-6-10-21(15-20)27-23(30)17-7-4-3-5-8-17/h3-15,25H,16H2,1-2H3,(H,26,29)(H,27,30). The van der Waals surface area contributed by atoms with Crippen molar-refractivity contribution in [3.05, 3.63) is 90.0 Å².